The summed E-state index contributed by atoms with van der Waals surface area (Å²) in [6, 6.07) is 0.589. The minimum absolute atomic E-state index is 0.339. The van der Waals surface area contributed by atoms with E-state index in [1.165, 1.54) is 12.8 Å². The Bertz CT molecular complexity index is 409. The summed E-state index contributed by atoms with van der Waals surface area (Å²) in [6.45, 7) is 1.11. The summed E-state index contributed by atoms with van der Waals surface area (Å²) in [6.07, 6.45) is 6.98. The van der Waals surface area contributed by atoms with E-state index in [9.17, 15) is 0 Å². The van der Waals surface area contributed by atoms with E-state index < -0.39 is 0 Å². The van der Waals surface area contributed by atoms with Gasteiger partial charge in [0.2, 0.25) is 5.89 Å². The highest BCUT2D eigenvalue weighted by atomic mass is 16.5. The largest absolute Gasteiger partial charge is 0.396 e. The molecule has 1 heterocycles. The van der Waals surface area contributed by atoms with Gasteiger partial charge >= 0.3 is 0 Å². The van der Waals surface area contributed by atoms with Crippen molar-refractivity contribution in [3.8, 4) is 0 Å². The summed E-state index contributed by atoms with van der Waals surface area (Å²) < 4.78 is 5.29. The highest BCUT2D eigenvalue weighted by molar-refractivity contribution is 5.01. The molecule has 19 heavy (non-hydrogen) atoms. The van der Waals surface area contributed by atoms with Gasteiger partial charge < -0.3 is 9.63 Å². The van der Waals surface area contributed by atoms with Crippen LogP contribution < -0.4 is 0 Å². The molecule has 0 bridgehead atoms. The van der Waals surface area contributed by atoms with Crippen molar-refractivity contribution in [3.63, 3.8) is 0 Å². The predicted molar refractivity (Wildman–Crippen MR) is 70.6 cm³/mol. The summed E-state index contributed by atoms with van der Waals surface area (Å²) in [5.74, 6) is 2.68. The van der Waals surface area contributed by atoms with Gasteiger partial charge in [0.25, 0.3) is 0 Å². The Hall–Kier alpha value is -0.940. The van der Waals surface area contributed by atoms with Crippen LogP contribution in [-0.4, -0.2) is 39.8 Å². The zero-order valence-corrected chi connectivity index (χ0v) is 11.6. The Morgan fingerprint density at radius 2 is 1.95 bits per heavy atom. The van der Waals surface area contributed by atoms with E-state index in [-0.39, 0.29) is 0 Å². The predicted octanol–water partition coefficient (Wildman–Crippen LogP) is 1.93. The smallest absolute Gasteiger partial charge is 0.229 e. The quantitative estimate of drug-likeness (QED) is 0.881. The fourth-order valence-electron chi connectivity index (χ4n) is 2.95. The van der Waals surface area contributed by atoms with Crippen molar-refractivity contribution >= 4 is 0 Å². The van der Waals surface area contributed by atoms with Crippen molar-refractivity contribution < 1.29 is 9.63 Å². The third-order valence-electron chi connectivity index (χ3n) is 4.50. The lowest BCUT2D eigenvalue weighted by atomic mass is 9.86. The van der Waals surface area contributed by atoms with Crippen LogP contribution in [0.25, 0.3) is 0 Å². The van der Waals surface area contributed by atoms with Crippen LogP contribution in [0.15, 0.2) is 4.52 Å². The topological polar surface area (TPSA) is 62.4 Å². The Balaban J connectivity index is 1.51. The van der Waals surface area contributed by atoms with E-state index in [4.69, 9.17) is 9.63 Å². The fourth-order valence-corrected chi connectivity index (χ4v) is 2.95. The molecule has 1 N–H and O–H groups in total. The second-order valence-electron chi connectivity index (χ2n) is 6.10. The van der Waals surface area contributed by atoms with Gasteiger partial charge in [-0.2, -0.15) is 4.98 Å². The normalized spacial score (nSPS) is 27.9. The van der Waals surface area contributed by atoms with Gasteiger partial charge in [-0.1, -0.05) is 5.16 Å². The first-order valence-corrected chi connectivity index (χ1v) is 7.40. The Kier molecular flexibility index (Phi) is 3.84. The maximum absolute atomic E-state index is 9.17. The molecule has 2 aliphatic rings. The number of aliphatic hydroxyl groups is 1. The maximum Gasteiger partial charge on any atom is 0.229 e. The van der Waals surface area contributed by atoms with E-state index in [2.05, 4.69) is 22.1 Å². The Labute approximate surface area is 114 Å². The number of rotatable bonds is 5. The summed E-state index contributed by atoms with van der Waals surface area (Å²) in [7, 11) is 2.14. The van der Waals surface area contributed by atoms with E-state index in [1.807, 2.05) is 0 Å². The average Bonchev–Trinajstić information content (AvgIpc) is 3.20. The first-order chi connectivity index (χ1) is 9.26. The molecular formula is C14H23N3O2. The lowest BCUT2D eigenvalue weighted by Gasteiger charge is -2.33. The van der Waals surface area contributed by atoms with Crippen molar-refractivity contribution in [3.05, 3.63) is 11.7 Å². The van der Waals surface area contributed by atoms with Crippen LogP contribution in [0.2, 0.25) is 0 Å². The van der Waals surface area contributed by atoms with Gasteiger partial charge in [-0.25, -0.2) is 0 Å². The van der Waals surface area contributed by atoms with Crippen LogP contribution in [0.1, 0.15) is 56.2 Å². The third-order valence-corrected chi connectivity index (χ3v) is 4.50. The molecule has 1 aromatic rings. The molecule has 0 aliphatic heterocycles. The molecule has 0 unspecified atom stereocenters. The monoisotopic (exact) mass is 265 g/mol. The summed E-state index contributed by atoms with van der Waals surface area (Å²) >= 11 is 0. The third kappa shape index (κ3) is 3.15. The molecular weight excluding hydrogens is 242 g/mol. The molecule has 2 saturated carbocycles. The van der Waals surface area contributed by atoms with Crippen LogP contribution in [0.3, 0.4) is 0 Å². The highest BCUT2D eigenvalue weighted by Gasteiger charge is 2.30. The van der Waals surface area contributed by atoms with E-state index in [0.717, 1.165) is 43.9 Å². The number of hydrogen-bond acceptors (Lipinski definition) is 5. The SMILES string of the molecule is CN(Cc1noc(C2CC2)n1)C1CCC(CO)CC1. The molecule has 106 valence electrons. The van der Waals surface area contributed by atoms with Gasteiger partial charge in [-0.15, -0.1) is 0 Å². The van der Waals surface area contributed by atoms with E-state index in [1.54, 1.807) is 0 Å². The van der Waals surface area contributed by atoms with Crippen LogP contribution in [0.4, 0.5) is 0 Å². The minimum Gasteiger partial charge on any atom is -0.396 e. The summed E-state index contributed by atoms with van der Waals surface area (Å²) in [4.78, 5) is 6.81. The van der Waals surface area contributed by atoms with Gasteiger partial charge in [0.1, 0.15) is 0 Å². The molecule has 0 amide bonds. The molecule has 1 aromatic heterocycles. The molecule has 5 heteroatoms. The number of aromatic nitrogens is 2. The zero-order valence-electron chi connectivity index (χ0n) is 11.6. The van der Waals surface area contributed by atoms with E-state index in [0.29, 0.717) is 24.5 Å². The second-order valence-corrected chi connectivity index (χ2v) is 6.10. The summed E-state index contributed by atoms with van der Waals surface area (Å²) in [5.41, 5.74) is 0. The standard InChI is InChI=1S/C14H23N3O2/c1-17(12-6-2-10(9-18)3-7-12)8-13-15-14(19-16-13)11-4-5-11/h10-12,18H,2-9H2,1H3. The fraction of sp³-hybridized carbons (Fsp3) is 0.857. The Morgan fingerprint density at radius 1 is 1.21 bits per heavy atom. The van der Waals surface area contributed by atoms with Gasteiger partial charge in [0.05, 0.1) is 6.54 Å². The molecule has 2 aliphatic carbocycles. The first kappa shape index (κ1) is 13.1. The van der Waals surface area contributed by atoms with Crippen molar-refractivity contribution in [2.75, 3.05) is 13.7 Å². The molecule has 0 aromatic carbocycles. The number of aliphatic hydroxyl groups excluding tert-OH is 1. The molecule has 2 fully saturated rings. The molecule has 0 spiro atoms. The number of hydrogen-bond donors (Lipinski definition) is 1. The van der Waals surface area contributed by atoms with Crippen molar-refractivity contribution in [1.82, 2.24) is 15.0 Å². The molecule has 3 rings (SSSR count). The highest BCUT2D eigenvalue weighted by Crippen LogP contribution is 2.38. The first-order valence-electron chi connectivity index (χ1n) is 7.40. The Morgan fingerprint density at radius 3 is 2.58 bits per heavy atom. The summed E-state index contributed by atoms with van der Waals surface area (Å²) in [5, 5.41) is 13.2. The number of nitrogens with zero attached hydrogens (tertiary/aromatic N) is 3. The van der Waals surface area contributed by atoms with Crippen LogP contribution in [0.5, 0.6) is 0 Å². The van der Waals surface area contributed by atoms with Gasteiger partial charge in [-0.3, -0.25) is 4.90 Å². The lowest BCUT2D eigenvalue weighted by molar-refractivity contribution is 0.122. The van der Waals surface area contributed by atoms with Crippen LogP contribution >= 0.6 is 0 Å². The molecule has 0 radical (unpaired) electrons. The maximum atomic E-state index is 9.17. The van der Waals surface area contributed by atoms with Gasteiger partial charge in [0, 0.05) is 18.6 Å². The molecule has 0 atom stereocenters. The van der Waals surface area contributed by atoms with Crippen molar-refractivity contribution in [2.45, 2.75) is 57.0 Å². The second kappa shape index (κ2) is 5.59. The van der Waals surface area contributed by atoms with Gasteiger partial charge in [0.15, 0.2) is 5.82 Å². The average molecular weight is 265 g/mol. The molecule has 5 nitrogen and oxygen atoms in total. The lowest BCUT2D eigenvalue weighted by Crippen LogP contribution is -2.35. The van der Waals surface area contributed by atoms with Crippen molar-refractivity contribution in [1.29, 1.82) is 0 Å². The van der Waals surface area contributed by atoms with E-state index >= 15 is 0 Å². The minimum atomic E-state index is 0.339. The van der Waals surface area contributed by atoms with Crippen molar-refractivity contribution in [2.24, 2.45) is 5.92 Å². The van der Waals surface area contributed by atoms with Crippen LogP contribution in [0, 0.1) is 5.92 Å². The molecule has 0 saturated heterocycles. The zero-order chi connectivity index (χ0) is 13.2. The van der Waals surface area contributed by atoms with Crippen LogP contribution in [-0.2, 0) is 6.54 Å². The van der Waals surface area contributed by atoms with Gasteiger partial charge in [-0.05, 0) is 51.5 Å².